The van der Waals surface area contributed by atoms with E-state index in [0.29, 0.717) is 37.1 Å². The molecular weight excluding hydrogens is 244 g/mol. The van der Waals surface area contributed by atoms with E-state index in [2.05, 4.69) is 0 Å². The molecule has 0 aliphatic carbocycles. The van der Waals surface area contributed by atoms with Crippen LogP contribution in [0.25, 0.3) is 6.08 Å². The zero-order valence-electron chi connectivity index (χ0n) is 11.6. The van der Waals surface area contributed by atoms with Crippen molar-refractivity contribution in [1.82, 2.24) is 0 Å². The lowest BCUT2D eigenvalue weighted by Gasteiger charge is -2.17. The first kappa shape index (κ1) is 15.1. The molecule has 0 aliphatic heterocycles. The number of rotatable bonds is 8. The molecule has 0 saturated carbocycles. The Morgan fingerprint density at radius 1 is 0.947 bits per heavy atom. The lowest BCUT2D eigenvalue weighted by Crippen LogP contribution is -2.03. The number of carbonyl (C=O) groups is 1. The van der Waals surface area contributed by atoms with Crippen molar-refractivity contribution in [3.05, 3.63) is 23.8 Å². The predicted molar refractivity (Wildman–Crippen MR) is 75.0 cm³/mol. The molecule has 0 N–H and O–H groups in total. The van der Waals surface area contributed by atoms with Crippen molar-refractivity contribution in [2.24, 2.45) is 0 Å². The van der Waals surface area contributed by atoms with E-state index in [1.165, 1.54) is 6.08 Å². The van der Waals surface area contributed by atoms with Gasteiger partial charge in [-0.15, -0.1) is 0 Å². The average Bonchev–Trinajstić information content (AvgIpc) is 2.42. The minimum Gasteiger partial charge on any atom is -0.490 e. The second-order valence-electron chi connectivity index (χ2n) is 3.61. The molecule has 0 bridgehead atoms. The van der Waals surface area contributed by atoms with Crippen molar-refractivity contribution in [3.63, 3.8) is 0 Å². The Kier molecular flexibility index (Phi) is 6.50. The lowest BCUT2D eigenvalue weighted by atomic mass is 10.1. The van der Waals surface area contributed by atoms with E-state index in [4.69, 9.17) is 14.2 Å². The summed E-state index contributed by atoms with van der Waals surface area (Å²) in [5.41, 5.74) is 0.792. The maximum absolute atomic E-state index is 10.4. The van der Waals surface area contributed by atoms with Gasteiger partial charge >= 0.3 is 0 Å². The maximum Gasteiger partial charge on any atom is 0.204 e. The molecule has 0 atom stereocenters. The third-order valence-corrected chi connectivity index (χ3v) is 2.34. The summed E-state index contributed by atoms with van der Waals surface area (Å²) in [6, 6.07) is 3.67. The van der Waals surface area contributed by atoms with Crippen molar-refractivity contribution >= 4 is 12.4 Å². The van der Waals surface area contributed by atoms with Crippen molar-refractivity contribution in [1.29, 1.82) is 0 Å². The smallest absolute Gasteiger partial charge is 0.204 e. The summed E-state index contributed by atoms with van der Waals surface area (Å²) in [6.45, 7) is 7.29. The summed E-state index contributed by atoms with van der Waals surface area (Å²) in [4.78, 5) is 10.4. The summed E-state index contributed by atoms with van der Waals surface area (Å²) in [5, 5.41) is 0. The molecule has 0 aromatic heterocycles. The van der Waals surface area contributed by atoms with Crippen LogP contribution in [0.3, 0.4) is 0 Å². The largest absolute Gasteiger partial charge is 0.490 e. The van der Waals surface area contributed by atoms with Crippen molar-refractivity contribution < 1.29 is 19.0 Å². The number of hydrogen-bond acceptors (Lipinski definition) is 4. The molecule has 0 heterocycles. The van der Waals surface area contributed by atoms with Crippen molar-refractivity contribution in [3.8, 4) is 17.2 Å². The van der Waals surface area contributed by atoms with Crippen LogP contribution in [-0.2, 0) is 4.79 Å². The highest BCUT2D eigenvalue weighted by atomic mass is 16.5. The first-order valence-corrected chi connectivity index (χ1v) is 6.45. The zero-order chi connectivity index (χ0) is 14.1. The second-order valence-corrected chi connectivity index (χ2v) is 3.61. The van der Waals surface area contributed by atoms with Gasteiger partial charge in [-0.1, -0.05) is 0 Å². The number of hydrogen-bond donors (Lipinski definition) is 0. The van der Waals surface area contributed by atoms with Crippen LogP contribution in [0, 0.1) is 0 Å². The number of aldehydes is 1. The summed E-state index contributed by atoms with van der Waals surface area (Å²) < 4.78 is 16.8. The average molecular weight is 264 g/mol. The Bertz CT molecular complexity index is 438. The number of benzene rings is 1. The zero-order valence-corrected chi connectivity index (χ0v) is 11.6. The summed E-state index contributed by atoms with van der Waals surface area (Å²) >= 11 is 0. The highest BCUT2D eigenvalue weighted by molar-refractivity contribution is 5.77. The monoisotopic (exact) mass is 264 g/mol. The maximum atomic E-state index is 10.4. The first-order valence-electron chi connectivity index (χ1n) is 6.45. The quantitative estimate of drug-likeness (QED) is 0.534. The van der Waals surface area contributed by atoms with E-state index in [9.17, 15) is 4.79 Å². The molecule has 4 nitrogen and oxygen atoms in total. The van der Waals surface area contributed by atoms with Gasteiger partial charge in [0.2, 0.25) is 5.75 Å². The van der Waals surface area contributed by atoms with E-state index in [1.54, 1.807) is 6.08 Å². The fourth-order valence-corrected chi connectivity index (χ4v) is 1.68. The van der Waals surface area contributed by atoms with Crippen LogP contribution in [-0.4, -0.2) is 26.1 Å². The molecule has 0 aliphatic rings. The number of ether oxygens (including phenoxy) is 3. The van der Waals surface area contributed by atoms with Gasteiger partial charge in [0.25, 0.3) is 0 Å². The van der Waals surface area contributed by atoms with Crippen LogP contribution < -0.4 is 14.2 Å². The highest BCUT2D eigenvalue weighted by Gasteiger charge is 2.15. The molecule has 0 fully saturated rings. The fraction of sp³-hybridized carbons (Fsp3) is 0.400. The molecule has 4 heteroatoms. The SMILES string of the molecule is CCOc1ccc(C=CC=O)c(OCC)c1OCC. The first-order chi connectivity index (χ1) is 9.28. The second kappa shape index (κ2) is 8.19. The Labute approximate surface area is 114 Å². The van der Waals surface area contributed by atoms with Gasteiger partial charge in [0.15, 0.2) is 11.5 Å². The van der Waals surface area contributed by atoms with Gasteiger partial charge < -0.3 is 14.2 Å². The molecule has 0 saturated heterocycles. The Hall–Kier alpha value is -1.97. The fourth-order valence-electron chi connectivity index (χ4n) is 1.68. The van der Waals surface area contributed by atoms with Crippen LogP contribution in [0.2, 0.25) is 0 Å². The summed E-state index contributed by atoms with van der Waals surface area (Å²) in [5.74, 6) is 1.84. The molecule has 19 heavy (non-hydrogen) atoms. The third kappa shape index (κ3) is 4.02. The molecule has 0 spiro atoms. The Morgan fingerprint density at radius 3 is 2.16 bits per heavy atom. The minimum absolute atomic E-state index is 0.511. The van der Waals surface area contributed by atoms with Crippen LogP contribution >= 0.6 is 0 Å². The third-order valence-electron chi connectivity index (χ3n) is 2.34. The minimum atomic E-state index is 0.511. The summed E-state index contributed by atoms with van der Waals surface area (Å²) in [6.07, 6.45) is 3.84. The standard InChI is InChI=1S/C15H20O4/c1-4-17-13-10-9-12(8-7-11-16)14(18-5-2)15(13)19-6-3/h7-11H,4-6H2,1-3H3. The van der Waals surface area contributed by atoms with Crippen LogP contribution in [0.15, 0.2) is 18.2 Å². The molecule has 104 valence electrons. The lowest BCUT2D eigenvalue weighted by molar-refractivity contribution is -0.104. The molecule has 1 aromatic carbocycles. The van der Waals surface area contributed by atoms with Crippen LogP contribution in [0.5, 0.6) is 17.2 Å². The Morgan fingerprint density at radius 2 is 1.58 bits per heavy atom. The normalized spacial score (nSPS) is 10.5. The van der Waals surface area contributed by atoms with Gasteiger partial charge in [0, 0.05) is 5.56 Å². The van der Waals surface area contributed by atoms with E-state index < -0.39 is 0 Å². The molecule has 1 rings (SSSR count). The summed E-state index contributed by atoms with van der Waals surface area (Å²) in [7, 11) is 0. The molecule has 1 aromatic rings. The molecular formula is C15H20O4. The van der Waals surface area contributed by atoms with Crippen LogP contribution in [0.1, 0.15) is 26.3 Å². The van der Waals surface area contributed by atoms with E-state index in [1.807, 2.05) is 32.9 Å². The van der Waals surface area contributed by atoms with Gasteiger partial charge in [-0.05, 0) is 45.1 Å². The van der Waals surface area contributed by atoms with Gasteiger partial charge in [-0.2, -0.15) is 0 Å². The van der Waals surface area contributed by atoms with E-state index in [-0.39, 0.29) is 0 Å². The van der Waals surface area contributed by atoms with Crippen molar-refractivity contribution in [2.75, 3.05) is 19.8 Å². The topological polar surface area (TPSA) is 44.8 Å². The van der Waals surface area contributed by atoms with Gasteiger partial charge in [-0.25, -0.2) is 0 Å². The van der Waals surface area contributed by atoms with E-state index >= 15 is 0 Å². The number of carbonyl (C=O) groups excluding carboxylic acids is 1. The Balaban J connectivity index is 3.29. The van der Waals surface area contributed by atoms with Gasteiger partial charge in [-0.3, -0.25) is 4.79 Å². The van der Waals surface area contributed by atoms with Gasteiger partial charge in [0.05, 0.1) is 19.8 Å². The van der Waals surface area contributed by atoms with E-state index in [0.717, 1.165) is 11.8 Å². The molecule has 0 amide bonds. The van der Waals surface area contributed by atoms with Crippen molar-refractivity contribution in [2.45, 2.75) is 20.8 Å². The van der Waals surface area contributed by atoms with Crippen LogP contribution in [0.4, 0.5) is 0 Å². The van der Waals surface area contributed by atoms with Gasteiger partial charge in [0.1, 0.15) is 6.29 Å². The number of allylic oxidation sites excluding steroid dienone is 1. The predicted octanol–water partition coefficient (Wildman–Crippen LogP) is 3.09. The highest BCUT2D eigenvalue weighted by Crippen LogP contribution is 2.41. The molecule has 0 unspecified atom stereocenters. The molecule has 0 radical (unpaired) electrons.